The van der Waals surface area contributed by atoms with Crippen LogP contribution < -0.4 is 10.1 Å². The van der Waals surface area contributed by atoms with Crippen molar-refractivity contribution < 1.29 is 14.5 Å². The van der Waals surface area contributed by atoms with Gasteiger partial charge in [0.15, 0.2) is 6.61 Å². The molecule has 1 amide bonds. The van der Waals surface area contributed by atoms with Crippen LogP contribution in [0.1, 0.15) is 0 Å². The molecule has 120 valence electrons. The van der Waals surface area contributed by atoms with E-state index in [0.29, 0.717) is 5.69 Å². The molecule has 6 heteroatoms. The van der Waals surface area contributed by atoms with Crippen LogP contribution in [-0.2, 0) is 4.79 Å². The minimum Gasteiger partial charge on any atom is -0.484 e. The summed E-state index contributed by atoms with van der Waals surface area (Å²) in [5.74, 6) is -0.0601. The number of nitro benzene ring substituents is 1. The highest BCUT2D eigenvalue weighted by molar-refractivity contribution is 6.02. The number of amides is 1. The number of nitrogens with zero attached hydrogens (tertiary/aromatic N) is 1. The Labute approximate surface area is 137 Å². The SMILES string of the molecule is O=C(COc1cccc([N+](=O)[O-])c1)Nc1cccc2ccccc12. The first-order valence-corrected chi connectivity index (χ1v) is 7.28. The third-order valence-corrected chi connectivity index (χ3v) is 3.46. The largest absolute Gasteiger partial charge is 0.484 e. The molecule has 0 aliphatic heterocycles. The fourth-order valence-electron chi connectivity index (χ4n) is 2.36. The van der Waals surface area contributed by atoms with Crippen LogP contribution in [0.5, 0.6) is 5.75 Å². The van der Waals surface area contributed by atoms with E-state index in [2.05, 4.69) is 5.32 Å². The zero-order valence-corrected chi connectivity index (χ0v) is 12.6. The zero-order valence-electron chi connectivity index (χ0n) is 12.6. The van der Waals surface area contributed by atoms with Crippen molar-refractivity contribution in [2.24, 2.45) is 0 Å². The molecule has 0 unspecified atom stereocenters. The Morgan fingerprint density at radius 2 is 1.79 bits per heavy atom. The standard InChI is InChI=1S/C18H14N2O4/c21-18(12-24-15-8-4-7-14(11-15)20(22)23)19-17-10-3-6-13-5-1-2-9-16(13)17/h1-11H,12H2,(H,19,21). The molecule has 0 fully saturated rings. The highest BCUT2D eigenvalue weighted by Gasteiger charge is 2.09. The molecule has 0 aliphatic rings. The molecule has 0 heterocycles. The van der Waals surface area contributed by atoms with E-state index >= 15 is 0 Å². The van der Waals surface area contributed by atoms with Gasteiger partial charge in [-0.05, 0) is 17.5 Å². The monoisotopic (exact) mass is 322 g/mol. The maximum absolute atomic E-state index is 12.1. The molecule has 1 N–H and O–H groups in total. The van der Waals surface area contributed by atoms with Gasteiger partial charge in [-0.2, -0.15) is 0 Å². The lowest BCUT2D eigenvalue weighted by Crippen LogP contribution is -2.20. The molecular weight excluding hydrogens is 308 g/mol. The average Bonchev–Trinajstić information content (AvgIpc) is 2.60. The summed E-state index contributed by atoms with van der Waals surface area (Å²) in [4.78, 5) is 22.3. The number of hydrogen-bond donors (Lipinski definition) is 1. The van der Waals surface area contributed by atoms with E-state index in [4.69, 9.17) is 4.74 Å². The van der Waals surface area contributed by atoms with Crippen LogP contribution in [-0.4, -0.2) is 17.4 Å². The first-order valence-electron chi connectivity index (χ1n) is 7.28. The minimum atomic E-state index is -0.511. The van der Waals surface area contributed by atoms with Crippen LogP contribution in [0.25, 0.3) is 10.8 Å². The lowest BCUT2D eigenvalue weighted by molar-refractivity contribution is -0.384. The summed E-state index contributed by atoms with van der Waals surface area (Å²) in [6.07, 6.45) is 0. The van der Waals surface area contributed by atoms with Gasteiger partial charge in [0, 0.05) is 17.1 Å². The van der Waals surface area contributed by atoms with E-state index in [0.717, 1.165) is 10.8 Å². The number of hydrogen-bond acceptors (Lipinski definition) is 4. The summed E-state index contributed by atoms with van der Waals surface area (Å²) in [6.45, 7) is -0.232. The molecule has 0 saturated heterocycles. The number of carbonyl (C=O) groups excluding carboxylic acids is 1. The molecule has 0 saturated carbocycles. The first kappa shape index (κ1) is 15.5. The summed E-state index contributed by atoms with van der Waals surface area (Å²) in [7, 11) is 0. The van der Waals surface area contributed by atoms with Crippen molar-refractivity contribution in [1.82, 2.24) is 0 Å². The Hall–Kier alpha value is -3.41. The number of carbonyl (C=O) groups is 1. The Kier molecular flexibility index (Phi) is 4.38. The number of anilines is 1. The summed E-state index contributed by atoms with van der Waals surface area (Å²) < 4.78 is 5.33. The topological polar surface area (TPSA) is 81.5 Å². The molecule has 3 rings (SSSR count). The predicted octanol–water partition coefficient (Wildman–Crippen LogP) is 3.77. The second kappa shape index (κ2) is 6.78. The highest BCUT2D eigenvalue weighted by atomic mass is 16.6. The molecule has 0 spiro atoms. The van der Waals surface area contributed by atoms with E-state index in [1.807, 2.05) is 42.5 Å². The number of benzene rings is 3. The van der Waals surface area contributed by atoms with Crippen molar-refractivity contribution >= 4 is 28.1 Å². The number of ether oxygens (including phenoxy) is 1. The molecule has 6 nitrogen and oxygen atoms in total. The maximum atomic E-state index is 12.1. The molecule has 0 atom stereocenters. The summed E-state index contributed by atoms with van der Waals surface area (Å²) in [6, 6.07) is 19.1. The van der Waals surface area contributed by atoms with Crippen molar-refractivity contribution in [2.75, 3.05) is 11.9 Å². The first-order chi connectivity index (χ1) is 11.6. The molecule has 0 radical (unpaired) electrons. The van der Waals surface area contributed by atoms with Crippen molar-refractivity contribution in [3.8, 4) is 5.75 Å². The van der Waals surface area contributed by atoms with E-state index in [1.165, 1.54) is 18.2 Å². The zero-order chi connectivity index (χ0) is 16.9. The van der Waals surface area contributed by atoms with Crippen molar-refractivity contribution in [3.05, 3.63) is 76.8 Å². The van der Waals surface area contributed by atoms with Crippen LogP contribution in [0.15, 0.2) is 66.7 Å². The number of fused-ring (bicyclic) bond motifs is 1. The molecule has 24 heavy (non-hydrogen) atoms. The van der Waals surface area contributed by atoms with Gasteiger partial charge in [-0.3, -0.25) is 14.9 Å². The van der Waals surface area contributed by atoms with Gasteiger partial charge in [-0.1, -0.05) is 42.5 Å². The minimum absolute atomic E-state index is 0.0815. The van der Waals surface area contributed by atoms with Crippen LogP contribution in [0.4, 0.5) is 11.4 Å². The third-order valence-electron chi connectivity index (χ3n) is 3.46. The highest BCUT2D eigenvalue weighted by Crippen LogP contribution is 2.23. The van der Waals surface area contributed by atoms with E-state index in [-0.39, 0.29) is 24.0 Å². The summed E-state index contributed by atoms with van der Waals surface area (Å²) in [5.41, 5.74) is 0.614. The molecule has 0 aliphatic carbocycles. The van der Waals surface area contributed by atoms with Gasteiger partial charge >= 0.3 is 0 Å². The second-order valence-corrected chi connectivity index (χ2v) is 5.12. The molecule has 0 aromatic heterocycles. The van der Waals surface area contributed by atoms with Crippen molar-refractivity contribution in [2.45, 2.75) is 0 Å². The van der Waals surface area contributed by atoms with Crippen molar-refractivity contribution in [3.63, 3.8) is 0 Å². The van der Waals surface area contributed by atoms with Crippen LogP contribution in [0.3, 0.4) is 0 Å². The van der Waals surface area contributed by atoms with Gasteiger partial charge in [-0.25, -0.2) is 0 Å². The Morgan fingerprint density at radius 3 is 2.62 bits per heavy atom. The molecular formula is C18H14N2O4. The smallest absolute Gasteiger partial charge is 0.273 e. The third kappa shape index (κ3) is 3.49. The molecule has 0 bridgehead atoms. The van der Waals surface area contributed by atoms with E-state index in [1.54, 1.807) is 6.07 Å². The normalized spacial score (nSPS) is 10.3. The molecule has 3 aromatic carbocycles. The van der Waals surface area contributed by atoms with Crippen LogP contribution in [0, 0.1) is 10.1 Å². The van der Waals surface area contributed by atoms with Gasteiger partial charge in [0.1, 0.15) is 5.75 Å². The predicted molar refractivity (Wildman–Crippen MR) is 91.2 cm³/mol. The van der Waals surface area contributed by atoms with Gasteiger partial charge in [0.05, 0.1) is 11.0 Å². The Bertz CT molecular complexity index is 903. The Balaban J connectivity index is 1.67. The average molecular weight is 322 g/mol. The number of nitrogens with one attached hydrogen (secondary N) is 1. The number of rotatable bonds is 5. The Morgan fingerprint density at radius 1 is 1.04 bits per heavy atom. The molecule has 3 aromatic rings. The number of nitro groups is 1. The van der Waals surface area contributed by atoms with Gasteiger partial charge in [0.2, 0.25) is 0 Å². The van der Waals surface area contributed by atoms with Crippen LogP contribution in [0.2, 0.25) is 0 Å². The second-order valence-electron chi connectivity index (χ2n) is 5.12. The lowest BCUT2D eigenvalue weighted by atomic mass is 10.1. The van der Waals surface area contributed by atoms with Gasteiger partial charge < -0.3 is 10.1 Å². The lowest BCUT2D eigenvalue weighted by Gasteiger charge is -2.09. The fourth-order valence-corrected chi connectivity index (χ4v) is 2.36. The maximum Gasteiger partial charge on any atom is 0.273 e. The van der Waals surface area contributed by atoms with Gasteiger partial charge in [-0.15, -0.1) is 0 Å². The van der Waals surface area contributed by atoms with Gasteiger partial charge in [0.25, 0.3) is 11.6 Å². The van der Waals surface area contributed by atoms with Crippen LogP contribution >= 0.6 is 0 Å². The summed E-state index contributed by atoms with van der Waals surface area (Å²) in [5, 5.41) is 15.5. The van der Waals surface area contributed by atoms with Crippen molar-refractivity contribution in [1.29, 1.82) is 0 Å². The van der Waals surface area contributed by atoms with E-state index < -0.39 is 4.92 Å². The summed E-state index contributed by atoms with van der Waals surface area (Å²) >= 11 is 0. The number of non-ortho nitro benzene ring substituents is 1. The van der Waals surface area contributed by atoms with E-state index in [9.17, 15) is 14.9 Å². The fraction of sp³-hybridized carbons (Fsp3) is 0.0556. The quantitative estimate of drug-likeness (QED) is 0.573.